The fraction of sp³-hybridized carbons (Fsp3) is 0.304. The monoisotopic (exact) mass is 377 g/mol. The van der Waals surface area contributed by atoms with E-state index in [1.807, 2.05) is 75.2 Å². The van der Waals surface area contributed by atoms with Gasteiger partial charge in [0.15, 0.2) is 0 Å². The van der Waals surface area contributed by atoms with E-state index in [1.165, 1.54) is 5.56 Å². The Morgan fingerprint density at radius 2 is 1.93 bits per heavy atom. The van der Waals surface area contributed by atoms with Gasteiger partial charge in [0.2, 0.25) is 0 Å². The van der Waals surface area contributed by atoms with E-state index >= 15 is 0 Å². The molecule has 3 aromatic rings. The van der Waals surface area contributed by atoms with Crippen LogP contribution >= 0.6 is 0 Å². The highest BCUT2D eigenvalue weighted by Gasteiger charge is 2.15. The number of nitrogens with zero attached hydrogens (tertiary/aromatic N) is 3. The molecule has 0 bridgehead atoms. The normalized spacial score (nSPS) is 10.8. The summed E-state index contributed by atoms with van der Waals surface area (Å²) in [7, 11) is 3.72. The molecule has 0 saturated heterocycles. The summed E-state index contributed by atoms with van der Waals surface area (Å²) in [5.74, 6) is 0.850. The standard InChI is InChI=1S/C23H27N3O2/c1-16-9-10-22(17(2)11-16)28-15-19-7-6-8-20(12-19)23(27)25(4)14-21-13-24-26(5)18(21)3/h6-13H,14-15H2,1-5H3. The molecule has 3 rings (SSSR count). The first-order valence-electron chi connectivity index (χ1n) is 9.37. The Bertz CT molecular complexity index is 991. The lowest BCUT2D eigenvalue weighted by Gasteiger charge is -2.17. The third-order valence-corrected chi connectivity index (χ3v) is 4.99. The second kappa shape index (κ2) is 8.30. The van der Waals surface area contributed by atoms with E-state index in [9.17, 15) is 4.79 Å². The molecule has 146 valence electrons. The minimum Gasteiger partial charge on any atom is -0.489 e. The van der Waals surface area contributed by atoms with E-state index in [4.69, 9.17) is 4.74 Å². The zero-order chi connectivity index (χ0) is 20.3. The molecule has 28 heavy (non-hydrogen) atoms. The number of hydrogen-bond acceptors (Lipinski definition) is 3. The molecule has 0 radical (unpaired) electrons. The molecule has 0 aliphatic carbocycles. The molecule has 2 aromatic carbocycles. The largest absolute Gasteiger partial charge is 0.489 e. The zero-order valence-electron chi connectivity index (χ0n) is 17.2. The number of ether oxygens (including phenoxy) is 1. The van der Waals surface area contributed by atoms with Crippen molar-refractivity contribution < 1.29 is 9.53 Å². The predicted octanol–water partition coefficient (Wildman–Crippen LogP) is 4.20. The Morgan fingerprint density at radius 3 is 2.61 bits per heavy atom. The molecule has 0 aliphatic heterocycles. The fourth-order valence-electron chi connectivity index (χ4n) is 3.16. The number of aromatic nitrogens is 2. The van der Waals surface area contributed by atoms with Crippen LogP contribution in [0.5, 0.6) is 5.75 Å². The highest BCUT2D eigenvalue weighted by Crippen LogP contribution is 2.20. The summed E-state index contributed by atoms with van der Waals surface area (Å²) in [6, 6.07) is 13.8. The molecule has 1 heterocycles. The van der Waals surface area contributed by atoms with Gasteiger partial charge in [-0.25, -0.2) is 0 Å². The summed E-state index contributed by atoms with van der Waals surface area (Å²) in [6.45, 7) is 7.07. The summed E-state index contributed by atoms with van der Waals surface area (Å²) in [5, 5.41) is 4.24. The van der Waals surface area contributed by atoms with Crippen LogP contribution in [0.1, 0.15) is 38.3 Å². The van der Waals surface area contributed by atoms with Gasteiger partial charge in [-0.3, -0.25) is 9.48 Å². The van der Waals surface area contributed by atoms with Crippen LogP contribution in [0.3, 0.4) is 0 Å². The van der Waals surface area contributed by atoms with Gasteiger partial charge in [0, 0.05) is 37.5 Å². The van der Waals surface area contributed by atoms with Gasteiger partial charge in [-0.1, -0.05) is 29.8 Å². The molecule has 1 aromatic heterocycles. The molecule has 0 aliphatic rings. The Morgan fingerprint density at radius 1 is 1.14 bits per heavy atom. The van der Waals surface area contributed by atoms with Gasteiger partial charge in [-0.05, 0) is 50.1 Å². The van der Waals surface area contributed by atoms with Gasteiger partial charge in [0.1, 0.15) is 12.4 Å². The van der Waals surface area contributed by atoms with Crippen molar-refractivity contribution in [2.24, 2.45) is 7.05 Å². The molecule has 0 unspecified atom stereocenters. The summed E-state index contributed by atoms with van der Waals surface area (Å²) in [5.41, 5.74) is 6.06. The van der Waals surface area contributed by atoms with Crippen LogP contribution in [0.25, 0.3) is 0 Å². The molecule has 0 N–H and O–H groups in total. The lowest BCUT2D eigenvalue weighted by atomic mass is 10.1. The van der Waals surface area contributed by atoms with E-state index < -0.39 is 0 Å². The van der Waals surface area contributed by atoms with Crippen LogP contribution in [-0.2, 0) is 20.2 Å². The van der Waals surface area contributed by atoms with Crippen molar-refractivity contribution >= 4 is 5.91 Å². The first-order chi connectivity index (χ1) is 13.3. The van der Waals surface area contributed by atoms with Crippen molar-refractivity contribution in [3.8, 4) is 5.75 Å². The van der Waals surface area contributed by atoms with Crippen molar-refractivity contribution in [3.63, 3.8) is 0 Å². The van der Waals surface area contributed by atoms with E-state index in [0.717, 1.165) is 28.1 Å². The number of carbonyl (C=O) groups excluding carboxylic acids is 1. The topological polar surface area (TPSA) is 47.4 Å². The first kappa shape index (κ1) is 19.7. The Kier molecular flexibility index (Phi) is 5.83. The molecule has 5 nitrogen and oxygen atoms in total. The number of hydrogen-bond donors (Lipinski definition) is 0. The van der Waals surface area contributed by atoms with Gasteiger partial charge in [-0.2, -0.15) is 5.10 Å². The Hall–Kier alpha value is -3.08. The third kappa shape index (κ3) is 4.42. The van der Waals surface area contributed by atoms with Crippen molar-refractivity contribution in [2.75, 3.05) is 7.05 Å². The third-order valence-electron chi connectivity index (χ3n) is 4.99. The maximum atomic E-state index is 12.8. The van der Waals surface area contributed by atoms with Crippen molar-refractivity contribution in [2.45, 2.75) is 33.9 Å². The van der Waals surface area contributed by atoms with Gasteiger partial charge in [0.25, 0.3) is 5.91 Å². The van der Waals surface area contributed by atoms with Gasteiger partial charge in [-0.15, -0.1) is 0 Å². The number of amides is 1. The van der Waals surface area contributed by atoms with Gasteiger partial charge in [0.05, 0.1) is 6.20 Å². The number of carbonyl (C=O) groups is 1. The Labute approximate surface area is 166 Å². The lowest BCUT2D eigenvalue weighted by Crippen LogP contribution is -2.26. The summed E-state index contributed by atoms with van der Waals surface area (Å²) < 4.78 is 7.77. The van der Waals surface area contributed by atoms with E-state index in [-0.39, 0.29) is 5.91 Å². The summed E-state index contributed by atoms with van der Waals surface area (Å²) in [6.07, 6.45) is 1.81. The molecule has 1 amide bonds. The van der Waals surface area contributed by atoms with Crippen LogP contribution in [0.15, 0.2) is 48.7 Å². The molecular formula is C23H27N3O2. The quantitative estimate of drug-likeness (QED) is 0.647. The second-order valence-electron chi connectivity index (χ2n) is 7.30. The maximum absolute atomic E-state index is 12.8. The smallest absolute Gasteiger partial charge is 0.253 e. The van der Waals surface area contributed by atoms with Gasteiger partial charge < -0.3 is 9.64 Å². The molecule has 0 spiro atoms. The number of benzene rings is 2. The average molecular weight is 377 g/mol. The molecule has 0 saturated carbocycles. The van der Waals surface area contributed by atoms with Crippen molar-refractivity contribution in [1.29, 1.82) is 0 Å². The fourth-order valence-corrected chi connectivity index (χ4v) is 3.16. The van der Waals surface area contributed by atoms with Crippen LogP contribution in [0, 0.1) is 20.8 Å². The summed E-state index contributed by atoms with van der Waals surface area (Å²) in [4.78, 5) is 14.6. The van der Waals surface area contributed by atoms with E-state index in [2.05, 4.69) is 18.1 Å². The number of rotatable bonds is 6. The predicted molar refractivity (Wildman–Crippen MR) is 110 cm³/mol. The highest BCUT2D eigenvalue weighted by atomic mass is 16.5. The van der Waals surface area contributed by atoms with E-state index in [1.54, 1.807) is 4.90 Å². The number of aryl methyl sites for hydroxylation is 3. The van der Waals surface area contributed by atoms with Crippen LogP contribution in [-0.4, -0.2) is 27.6 Å². The van der Waals surface area contributed by atoms with Crippen LogP contribution < -0.4 is 4.74 Å². The molecule has 5 heteroatoms. The van der Waals surface area contributed by atoms with E-state index in [0.29, 0.717) is 18.7 Å². The molecule has 0 atom stereocenters. The van der Waals surface area contributed by atoms with Crippen molar-refractivity contribution in [1.82, 2.24) is 14.7 Å². The van der Waals surface area contributed by atoms with Crippen molar-refractivity contribution in [3.05, 3.63) is 82.2 Å². The maximum Gasteiger partial charge on any atom is 0.253 e. The van der Waals surface area contributed by atoms with Crippen LogP contribution in [0.4, 0.5) is 0 Å². The highest BCUT2D eigenvalue weighted by molar-refractivity contribution is 5.94. The summed E-state index contributed by atoms with van der Waals surface area (Å²) >= 11 is 0. The lowest BCUT2D eigenvalue weighted by molar-refractivity contribution is 0.0784. The minimum atomic E-state index is -0.0170. The second-order valence-corrected chi connectivity index (χ2v) is 7.30. The first-order valence-corrected chi connectivity index (χ1v) is 9.37. The zero-order valence-corrected chi connectivity index (χ0v) is 17.2. The average Bonchev–Trinajstić information content (AvgIpc) is 2.99. The molecular weight excluding hydrogens is 350 g/mol. The van der Waals surface area contributed by atoms with Crippen LogP contribution in [0.2, 0.25) is 0 Å². The Balaban J connectivity index is 1.67. The minimum absolute atomic E-state index is 0.0170. The SMILES string of the molecule is Cc1ccc(OCc2cccc(C(=O)N(C)Cc3cnn(C)c3C)c2)c(C)c1. The van der Waals surface area contributed by atoms with Gasteiger partial charge >= 0.3 is 0 Å². The molecule has 0 fully saturated rings.